The molecule has 0 unspecified atom stereocenters. The van der Waals surface area contributed by atoms with Crippen molar-refractivity contribution in [3.05, 3.63) is 30.2 Å². The van der Waals surface area contributed by atoms with Gasteiger partial charge in [0.2, 0.25) is 0 Å². The molecule has 0 bridgehead atoms. The first-order valence-electron chi connectivity index (χ1n) is 5.07. The quantitative estimate of drug-likeness (QED) is 0.712. The zero-order chi connectivity index (χ0) is 11.5. The Morgan fingerprint density at radius 3 is 3.19 bits per heavy atom. The van der Waals surface area contributed by atoms with Crippen LogP contribution < -0.4 is 5.73 Å². The van der Waals surface area contributed by atoms with Gasteiger partial charge in [-0.25, -0.2) is 0 Å². The van der Waals surface area contributed by atoms with Gasteiger partial charge in [0.05, 0.1) is 0 Å². The zero-order valence-electron chi connectivity index (χ0n) is 8.68. The minimum Gasteiger partial charge on any atom is -0.480 e. The molecule has 84 valence electrons. The zero-order valence-corrected chi connectivity index (χ0v) is 8.68. The maximum Gasteiger partial charge on any atom is 0.320 e. The van der Waals surface area contributed by atoms with E-state index >= 15 is 0 Å². The van der Waals surface area contributed by atoms with E-state index in [1.54, 1.807) is 12.4 Å². The second-order valence-electron chi connectivity index (χ2n) is 3.72. The van der Waals surface area contributed by atoms with Crippen LogP contribution >= 0.6 is 0 Å². The van der Waals surface area contributed by atoms with Crippen molar-refractivity contribution < 1.29 is 9.90 Å². The Morgan fingerprint density at radius 2 is 2.44 bits per heavy atom. The summed E-state index contributed by atoms with van der Waals surface area (Å²) in [6.45, 7) is 0. The third kappa shape index (κ3) is 2.04. The molecule has 2 heterocycles. The highest BCUT2D eigenvalue weighted by atomic mass is 16.4. The Bertz CT molecular complexity index is 507. The third-order valence-corrected chi connectivity index (χ3v) is 2.61. The summed E-state index contributed by atoms with van der Waals surface area (Å²) in [6, 6.07) is 1.08. The van der Waals surface area contributed by atoms with E-state index in [9.17, 15) is 4.79 Å². The van der Waals surface area contributed by atoms with E-state index in [4.69, 9.17) is 10.8 Å². The summed E-state index contributed by atoms with van der Waals surface area (Å²) in [6.07, 6.45) is 6.43. The highest BCUT2D eigenvalue weighted by Crippen LogP contribution is 2.18. The van der Waals surface area contributed by atoms with Gasteiger partial charge in [-0.05, 0) is 24.5 Å². The van der Waals surface area contributed by atoms with Gasteiger partial charge < -0.3 is 15.8 Å². The molecule has 0 spiro atoms. The van der Waals surface area contributed by atoms with Crippen molar-refractivity contribution in [3.63, 3.8) is 0 Å². The molecule has 4 N–H and O–H groups in total. The van der Waals surface area contributed by atoms with Crippen LogP contribution in [0.15, 0.2) is 24.7 Å². The van der Waals surface area contributed by atoms with E-state index in [1.165, 1.54) is 0 Å². The lowest BCUT2D eigenvalue weighted by molar-refractivity contribution is -0.138. The summed E-state index contributed by atoms with van der Waals surface area (Å²) in [5, 5.41) is 9.71. The van der Waals surface area contributed by atoms with Crippen LogP contribution in [0.2, 0.25) is 0 Å². The molecule has 5 heteroatoms. The summed E-state index contributed by atoms with van der Waals surface area (Å²) < 4.78 is 0. The molecule has 0 aliphatic rings. The van der Waals surface area contributed by atoms with Crippen molar-refractivity contribution >= 4 is 16.9 Å². The van der Waals surface area contributed by atoms with Crippen LogP contribution in [-0.2, 0) is 11.2 Å². The average Bonchev–Trinajstić information content (AvgIpc) is 2.69. The number of rotatable bonds is 4. The Kier molecular flexibility index (Phi) is 2.87. The summed E-state index contributed by atoms with van der Waals surface area (Å²) in [5.41, 5.74) is 7.52. The van der Waals surface area contributed by atoms with E-state index in [0.29, 0.717) is 12.8 Å². The number of carboxylic acids is 1. The molecule has 0 aromatic carbocycles. The molecule has 0 aliphatic heterocycles. The number of carbonyl (C=O) groups is 1. The number of carboxylic acid groups (broad SMARTS) is 1. The molecule has 0 saturated carbocycles. The summed E-state index contributed by atoms with van der Waals surface area (Å²) >= 11 is 0. The van der Waals surface area contributed by atoms with Crippen molar-refractivity contribution in [2.45, 2.75) is 18.9 Å². The predicted molar refractivity (Wildman–Crippen MR) is 60.0 cm³/mol. The monoisotopic (exact) mass is 219 g/mol. The van der Waals surface area contributed by atoms with Crippen molar-refractivity contribution in [1.29, 1.82) is 0 Å². The molecule has 0 aliphatic carbocycles. The van der Waals surface area contributed by atoms with Gasteiger partial charge in [0.1, 0.15) is 6.04 Å². The largest absolute Gasteiger partial charge is 0.480 e. The SMILES string of the molecule is N[C@@H](CCc1c[nH]c2ccncc12)C(=O)O. The number of nitrogens with one attached hydrogen (secondary N) is 1. The van der Waals surface area contributed by atoms with E-state index in [-0.39, 0.29) is 0 Å². The number of aryl methyl sites for hydroxylation is 1. The summed E-state index contributed by atoms with van der Waals surface area (Å²) in [5.74, 6) is -0.960. The molecule has 0 amide bonds. The average molecular weight is 219 g/mol. The number of aliphatic carboxylic acids is 1. The fourth-order valence-electron chi connectivity index (χ4n) is 1.66. The van der Waals surface area contributed by atoms with Crippen molar-refractivity contribution in [1.82, 2.24) is 9.97 Å². The maximum atomic E-state index is 10.6. The summed E-state index contributed by atoms with van der Waals surface area (Å²) in [4.78, 5) is 17.7. The van der Waals surface area contributed by atoms with Crippen LogP contribution in [0, 0.1) is 0 Å². The van der Waals surface area contributed by atoms with Crippen LogP contribution in [0.1, 0.15) is 12.0 Å². The maximum absolute atomic E-state index is 10.6. The van der Waals surface area contributed by atoms with E-state index in [0.717, 1.165) is 16.5 Å². The van der Waals surface area contributed by atoms with Gasteiger partial charge in [0, 0.05) is 29.5 Å². The lowest BCUT2D eigenvalue weighted by atomic mass is 10.1. The smallest absolute Gasteiger partial charge is 0.320 e. The number of hydrogen-bond acceptors (Lipinski definition) is 3. The minimum absolute atomic E-state index is 0.428. The molecular formula is C11H13N3O2. The number of pyridine rings is 1. The van der Waals surface area contributed by atoms with Crippen LogP contribution in [0.5, 0.6) is 0 Å². The van der Waals surface area contributed by atoms with Gasteiger partial charge in [-0.15, -0.1) is 0 Å². The van der Waals surface area contributed by atoms with Gasteiger partial charge >= 0.3 is 5.97 Å². The highest BCUT2D eigenvalue weighted by molar-refractivity contribution is 5.82. The van der Waals surface area contributed by atoms with Crippen LogP contribution in [0.4, 0.5) is 0 Å². The number of aromatic nitrogens is 2. The van der Waals surface area contributed by atoms with Gasteiger partial charge in [-0.3, -0.25) is 9.78 Å². The molecule has 0 radical (unpaired) electrons. The topological polar surface area (TPSA) is 92.0 Å². The summed E-state index contributed by atoms with van der Waals surface area (Å²) in [7, 11) is 0. The third-order valence-electron chi connectivity index (χ3n) is 2.61. The van der Waals surface area contributed by atoms with Gasteiger partial charge in [-0.1, -0.05) is 0 Å². The molecule has 2 aromatic heterocycles. The van der Waals surface area contributed by atoms with E-state index in [1.807, 2.05) is 12.3 Å². The number of hydrogen-bond donors (Lipinski definition) is 3. The molecule has 5 nitrogen and oxygen atoms in total. The first-order chi connectivity index (χ1) is 7.68. The second kappa shape index (κ2) is 4.32. The fourth-order valence-corrected chi connectivity index (χ4v) is 1.66. The molecule has 2 rings (SSSR count). The van der Waals surface area contributed by atoms with Gasteiger partial charge in [-0.2, -0.15) is 0 Å². The Labute approximate surface area is 92.3 Å². The molecule has 2 aromatic rings. The minimum atomic E-state index is -0.960. The highest BCUT2D eigenvalue weighted by Gasteiger charge is 2.12. The Hall–Kier alpha value is -1.88. The lowest BCUT2D eigenvalue weighted by Gasteiger charge is -2.04. The molecular weight excluding hydrogens is 206 g/mol. The lowest BCUT2D eigenvalue weighted by Crippen LogP contribution is -2.30. The molecule has 1 atom stereocenters. The first kappa shape index (κ1) is 10.6. The molecule has 16 heavy (non-hydrogen) atoms. The van der Waals surface area contributed by atoms with Crippen LogP contribution in [0.3, 0.4) is 0 Å². The van der Waals surface area contributed by atoms with Crippen LogP contribution in [-0.4, -0.2) is 27.1 Å². The molecule has 0 fully saturated rings. The van der Waals surface area contributed by atoms with Crippen molar-refractivity contribution in [2.75, 3.05) is 0 Å². The number of H-pyrrole nitrogens is 1. The Morgan fingerprint density at radius 1 is 1.62 bits per heavy atom. The molecule has 0 saturated heterocycles. The fraction of sp³-hybridized carbons (Fsp3) is 0.273. The first-order valence-corrected chi connectivity index (χ1v) is 5.07. The van der Waals surface area contributed by atoms with E-state index < -0.39 is 12.0 Å². The van der Waals surface area contributed by atoms with Crippen molar-refractivity contribution in [3.8, 4) is 0 Å². The van der Waals surface area contributed by atoms with Gasteiger partial charge in [0.15, 0.2) is 0 Å². The standard InChI is InChI=1S/C11H13N3O2/c12-9(11(15)16)2-1-7-5-14-10-3-4-13-6-8(7)10/h3-6,9,14H,1-2,12H2,(H,15,16)/t9-/m0/s1. The van der Waals surface area contributed by atoms with Gasteiger partial charge in [0.25, 0.3) is 0 Å². The normalized spacial score (nSPS) is 12.8. The van der Waals surface area contributed by atoms with Crippen LogP contribution in [0.25, 0.3) is 10.9 Å². The number of nitrogens with zero attached hydrogens (tertiary/aromatic N) is 1. The predicted octanol–water partition coefficient (Wildman–Crippen LogP) is 0.907. The second-order valence-corrected chi connectivity index (χ2v) is 3.72. The number of fused-ring (bicyclic) bond motifs is 1. The number of aromatic amines is 1. The number of nitrogens with two attached hydrogens (primary N) is 1. The van der Waals surface area contributed by atoms with E-state index in [2.05, 4.69) is 9.97 Å². The Balaban J connectivity index is 2.13. The van der Waals surface area contributed by atoms with Crippen molar-refractivity contribution in [2.24, 2.45) is 5.73 Å².